The summed E-state index contributed by atoms with van der Waals surface area (Å²) in [6.45, 7) is 0.0929. The number of halogens is 4. The van der Waals surface area contributed by atoms with Crippen LogP contribution in [0.5, 0.6) is 5.75 Å². The van der Waals surface area contributed by atoms with Crippen LogP contribution in [0.1, 0.15) is 53.6 Å². The highest BCUT2D eigenvalue weighted by Crippen LogP contribution is 2.35. The van der Waals surface area contributed by atoms with Crippen molar-refractivity contribution in [1.82, 2.24) is 5.32 Å². The Balaban J connectivity index is 0.00000155. The minimum Gasteiger partial charge on any atom is -0.487 e. The zero-order valence-corrected chi connectivity index (χ0v) is 17.4. The molecule has 1 fully saturated rings. The molecule has 2 aromatic carbocycles. The topological polar surface area (TPSA) is 58.6 Å². The van der Waals surface area contributed by atoms with E-state index in [1.54, 1.807) is 24.3 Å². The molecule has 0 heterocycles. The summed E-state index contributed by atoms with van der Waals surface area (Å²) >= 11 is 5.90. The molecule has 8 heteroatoms. The van der Waals surface area contributed by atoms with Gasteiger partial charge in [-0.1, -0.05) is 43.0 Å². The van der Waals surface area contributed by atoms with Gasteiger partial charge in [0, 0.05) is 18.7 Å². The molecule has 1 aliphatic rings. The van der Waals surface area contributed by atoms with Gasteiger partial charge < -0.3 is 15.2 Å². The largest absolute Gasteiger partial charge is 0.487 e. The van der Waals surface area contributed by atoms with Crippen molar-refractivity contribution < 1.29 is 27.8 Å². The van der Waals surface area contributed by atoms with Gasteiger partial charge in [0.2, 0.25) is 0 Å². The second kappa shape index (κ2) is 11.2. The molecule has 0 atom stereocenters. The molecule has 0 bridgehead atoms. The van der Waals surface area contributed by atoms with Gasteiger partial charge in [-0.2, -0.15) is 13.2 Å². The van der Waals surface area contributed by atoms with E-state index in [-0.39, 0.29) is 29.3 Å². The Morgan fingerprint density at radius 1 is 1.13 bits per heavy atom. The Kier molecular flexibility index (Phi) is 8.99. The van der Waals surface area contributed by atoms with E-state index in [9.17, 15) is 18.0 Å². The molecule has 1 saturated carbocycles. The lowest BCUT2D eigenvalue weighted by Gasteiger charge is -2.22. The van der Waals surface area contributed by atoms with E-state index in [0.717, 1.165) is 50.5 Å². The lowest BCUT2D eigenvalue weighted by molar-refractivity contribution is -0.137. The zero-order chi connectivity index (χ0) is 22.1. The van der Waals surface area contributed by atoms with Crippen molar-refractivity contribution in [3.63, 3.8) is 0 Å². The van der Waals surface area contributed by atoms with Gasteiger partial charge in [0.1, 0.15) is 12.4 Å². The van der Waals surface area contributed by atoms with Crippen molar-refractivity contribution in [2.45, 2.75) is 50.9 Å². The summed E-state index contributed by atoms with van der Waals surface area (Å²) in [6, 6.07) is 10.2. The molecule has 1 amide bonds. The first-order valence-electron chi connectivity index (χ1n) is 9.67. The number of carbonyl (C=O) groups excluding carboxylic acids is 1. The van der Waals surface area contributed by atoms with Gasteiger partial charge in [-0.05, 0) is 48.7 Å². The van der Waals surface area contributed by atoms with Gasteiger partial charge in [-0.3, -0.25) is 4.79 Å². The summed E-state index contributed by atoms with van der Waals surface area (Å²) in [7, 11) is 1.00. The van der Waals surface area contributed by atoms with Crippen LogP contribution in [0.15, 0.2) is 42.5 Å². The number of aliphatic hydroxyl groups excluding tert-OH is 1. The maximum Gasteiger partial charge on any atom is 0.416 e. The third-order valence-corrected chi connectivity index (χ3v) is 5.08. The molecule has 0 radical (unpaired) electrons. The van der Waals surface area contributed by atoms with Gasteiger partial charge in [0.15, 0.2) is 0 Å². The summed E-state index contributed by atoms with van der Waals surface area (Å²) in [5.41, 5.74) is 0.434. The molecule has 1 aliphatic carbocycles. The fraction of sp³-hybridized carbons (Fsp3) is 0.409. The smallest absolute Gasteiger partial charge is 0.416 e. The number of benzene rings is 2. The van der Waals surface area contributed by atoms with E-state index in [1.807, 2.05) is 0 Å². The van der Waals surface area contributed by atoms with Crippen LogP contribution in [0.4, 0.5) is 13.2 Å². The monoisotopic (exact) mass is 443 g/mol. The van der Waals surface area contributed by atoms with Crippen LogP contribution in [-0.4, -0.2) is 24.2 Å². The van der Waals surface area contributed by atoms with Crippen LogP contribution in [-0.2, 0) is 12.8 Å². The van der Waals surface area contributed by atoms with Crippen molar-refractivity contribution in [2.24, 2.45) is 0 Å². The molecular formula is C22H25ClF3NO3. The first kappa shape index (κ1) is 24.0. The van der Waals surface area contributed by atoms with E-state index in [4.69, 9.17) is 21.4 Å². The summed E-state index contributed by atoms with van der Waals surface area (Å²) in [5.74, 6) is 0.0352. The van der Waals surface area contributed by atoms with Crippen LogP contribution in [0, 0.1) is 0 Å². The number of hydrogen-bond acceptors (Lipinski definition) is 3. The third kappa shape index (κ3) is 6.92. The van der Waals surface area contributed by atoms with Gasteiger partial charge in [-0.15, -0.1) is 0 Å². The van der Waals surface area contributed by atoms with E-state index >= 15 is 0 Å². The molecule has 0 unspecified atom stereocenters. The quantitative estimate of drug-likeness (QED) is 0.631. The Morgan fingerprint density at radius 2 is 1.83 bits per heavy atom. The van der Waals surface area contributed by atoms with Crippen LogP contribution in [0.2, 0.25) is 5.02 Å². The SMILES string of the molecule is CO.O=C(NC1CCCCC1)c1cccc(COc2ccc(C(F)(F)F)cc2Cl)c1. The summed E-state index contributed by atoms with van der Waals surface area (Å²) in [4.78, 5) is 12.4. The fourth-order valence-electron chi connectivity index (χ4n) is 3.27. The number of ether oxygens (including phenoxy) is 1. The van der Waals surface area contributed by atoms with Gasteiger partial charge in [0.05, 0.1) is 10.6 Å². The normalized spacial score (nSPS) is 14.5. The van der Waals surface area contributed by atoms with Crippen molar-refractivity contribution in [1.29, 1.82) is 0 Å². The first-order chi connectivity index (χ1) is 14.3. The summed E-state index contributed by atoms with van der Waals surface area (Å²) in [5, 5.41) is 9.95. The number of nitrogens with one attached hydrogen (secondary N) is 1. The van der Waals surface area contributed by atoms with Gasteiger partial charge >= 0.3 is 6.18 Å². The summed E-state index contributed by atoms with van der Waals surface area (Å²) in [6.07, 6.45) is 1.02. The lowest BCUT2D eigenvalue weighted by atomic mass is 9.95. The Labute approximate surface area is 179 Å². The van der Waals surface area contributed by atoms with Crippen LogP contribution in [0.3, 0.4) is 0 Å². The van der Waals surface area contributed by atoms with Gasteiger partial charge in [0.25, 0.3) is 5.91 Å². The van der Waals surface area contributed by atoms with Crippen molar-refractivity contribution >= 4 is 17.5 Å². The number of alkyl halides is 3. The highest BCUT2D eigenvalue weighted by molar-refractivity contribution is 6.32. The van der Waals surface area contributed by atoms with E-state index in [0.29, 0.717) is 5.56 Å². The molecule has 0 spiro atoms. The van der Waals surface area contributed by atoms with Crippen molar-refractivity contribution in [2.75, 3.05) is 7.11 Å². The molecule has 2 aromatic rings. The van der Waals surface area contributed by atoms with E-state index in [2.05, 4.69) is 5.32 Å². The van der Waals surface area contributed by atoms with Crippen molar-refractivity contribution in [3.8, 4) is 5.75 Å². The van der Waals surface area contributed by atoms with Crippen molar-refractivity contribution in [3.05, 3.63) is 64.2 Å². The maximum atomic E-state index is 12.7. The average molecular weight is 444 g/mol. The van der Waals surface area contributed by atoms with E-state index in [1.165, 1.54) is 12.5 Å². The maximum absolute atomic E-state index is 12.7. The van der Waals surface area contributed by atoms with Crippen LogP contribution >= 0.6 is 11.6 Å². The number of aliphatic hydroxyl groups is 1. The zero-order valence-electron chi connectivity index (χ0n) is 16.6. The fourth-order valence-corrected chi connectivity index (χ4v) is 3.51. The number of hydrogen-bond donors (Lipinski definition) is 2. The number of amides is 1. The second-order valence-electron chi connectivity index (χ2n) is 6.94. The molecule has 0 aromatic heterocycles. The molecule has 3 rings (SSSR count). The Hall–Kier alpha value is -2.25. The molecule has 4 nitrogen and oxygen atoms in total. The third-order valence-electron chi connectivity index (χ3n) is 4.78. The molecule has 164 valence electrons. The molecule has 0 saturated heterocycles. The second-order valence-corrected chi connectivity index (χ2v) is 7.35. The predicted molar refractivity (Wildman–Crippen MR) is 110 cm³/mol. The highest BCUT2D eigenvalue weighted by Gasteiger charge is 2.31. The summed E-state index contributed by atoms with van der Waals surface area (Å²) < 4.78 is 43.6. The van der Waals surface area contributed by atoms with Gasteiger partial charge in [-0.25, -0.2) is 0 Å². The van der Waals surface area contributed by atoms with Crippen LogP contribution < -0.4 is 10.1 Å². The number of rotatable bonds is 5. The lowest BCUT2D eigenvalue weighted by Crippen LogP contribution is -2.36. The van der Waals surface area contributed by atoms with Crippen LogP contribution in [0.25, 0.3) is 0 Å². The molecule has 30 heavy (non-hydrogen) atoms. The molecular weight excluding hydrogens is 419 g/mol. The number of carbonyl (C=O) groups is 1. The van der Waals surface area contributed by atoms with E-state index < -0.39 is 11.7 Å². The Morgan fingerprint density at radius 3 is 2.47 bits per heavy atom. The average Bonchev–Trinajstić information content (AvgIpc) is 2.74. The Bertz CT molecular complexity index is 837. The molecule has 0 aliphatic heterocycles. The predicted octanol–water partition coefficient (Wildman–Crippen LogP) is 5.61. The highest BCUT2D eigenvalue weighted by atomic mass is 35.5. The first-order valence-corrected chi connectivity index (χ1v) is 10.0. The molecule has 2 N–H and O–H groups in total. The standard InChI is InChI=1S/C21H21ClF3NO2.CH4O/c22-18-12-16(21(23,24)25)9-10-19(18)28-13-14-5-4-6-15(11-14)20(27)26-17-7-2-1-3-8-17;1-2/h4-6,9-12,17H,1-3,7-8,13H2,(H,26,27);2H,1H3. The minimum absolute atomic E-state index is 0.0929. The minimum atomic E-state index is -4.46.